The van der Waals surface area contributed by atoms with Gasteiger partial charge in [-0.3, -0.25) is 4.57 Å². The van der Waals surface area contributed by atoms with Gasteiger partial charge in [-0.05, 0) is 24.3 Å². The second-order valence-corrected chi connectivity index (χ2v) is 6.61. The lowest BCUT2D eigenvalue weighted by atomic mass is 10.1. The van der Waals surface area contributed by atoms with Gasteiger partial charge >= 0.3 is 0 Å². The zero-order chi connectivity index (χ0) is 15.4. The van der Waals surface area contributed by atoms with Gasteiger partial charge in [-0.2, -0.15) is 0 Å². The van der Waals surface area contributed by atoms with Crippen LogP contribution in [0.15, 0.2) is 83.1 Å². The first-order valence-electron chi connectivity index (χ1n) is 6.92. The van der Waals surface area contributed by atoms with E-state index in [0.29, 0.717) is 0 Å². The summed E-state index contributed by atoms with van der Waals surface area (Å²) in [5.74, 6) is 0.837. The van der Waals surface area contributed by atoms with Crippen LogP contribution >= 0.6 is 27.7 Å². The fourth-order valence-corrected chi connectivity index (χ4v) is 3.21. The average molecular weight is 371 g/mol. The smallest absolute Gasteiger partial charge is 0.173 e. The van der Waals surface area contributed by atoms with Crippen LogP contribution in [0, 0.1) is 0 Å². The van der Waals surface area contributed by atoms with Crippen molar-refractivity contribution in [2.45, 2.75) is 5.16 Å². The number of nitrogens with zero attached hydrogens (tertiary/aromatic N) is 2. The highest BCUT2D eigenvalue weighted by Crippen LogP contribution is 2.30. The van der Waals surface area contributed by atoms with Crippen molar-refractivity contribution < 1.29 is 0 Å². The van der Waals surface area contributed by atoms with Gasteiger partial charge in [0, 0.05) is 21.5 Å². The molecule has 2 aromatic carbocycles. The van der Waals surface area contributed by atoms with E-state index in [1.54, 1.807) is 11.8 Å². The molecule has 3 rings (SSSR count). The third kappa shape index (κ3) is 3.18. The van der Waals surface area contributed by atoms with Crippen LogP contribution in [0.2, 0.25) is 0 Å². The summed E-state index contributed by atoms with van der Waals surface area (Å²) in [6.07, 6.45) is 3.83. The van der Waals surface area contributed by atoms with E-state index >= 15 is 0 Å². The lowest BCUT2D eigenvalue weighted by Crippen LogP contribution is -1.99. The third-order valence-corrected chi connectivity index (χ3v) is 4.69. The van der Waals surface area contributed by atoms with Crippen molar-refractivity contribution in [1.29, 1.82) is 0 Å². The molecular weight excluding hydrogens is 356 g/mol. The molecule has 0 aliphatic carbocycles. The number of hydrogen-bond acceptors (Lipinski definition) is 2. The second-order valence-electron chi connectivity index (χ2n) is 4.70. The minimum Gasteiger partial charge on any atom is -0.287 e. The molecule has 0 amide bonds. The number of thioether (sulfide) groups is 1. The van der Waals surface area contributed by atoms with Gasteiger partial charge in [0.15, 0.2) is 5.16 Å². The Morgan fingerprint density at radius 3 is 2.50 bits per heavy atom. The van der Waals surface area contributed by atoms with E-state index in [9.17, 15) is 0 Å². The number of hydrogen-bond donors (Lipinski definition) is 0. The monoisotopic (exact) mass is 370 g/mol. The van der Waals surface area contributed by atoms with Gasteiger partial charge in [-0.1, -0.05) is 64.1 Å². The number of para-hydroxylation sites is 1. The predicted octanol–water partition coefficient (Wildman–Crippen LogP) is 5.58. The van der Waals surface area contributed by atoms with Crippen molar-refractivity contribution in [3.63, 3.8) is 0 Å². The molecule has 0 spiro atoms. The van der Waals surface area contributed by atoms with Gasteiger partial charge < -0.3 is 0 Å². The Kier molecular flexibility index (Phi) is 4.80. The highest BCUT2D eigenvalue weighted by Gasteiger charge is 2.13. The molecule has 0 radical (unpaired) electrons. The predicted molar refractivity (Wildman–Crippen MR) is 97.6 cm³/mol. The van der Waals surface area contributed by atoms with Crippen LogP contribution in [-0.2, 0) is 0 Å². The van der Waals surface area contributed by atoms with E-state index in [1.807, 2.05) is 42.6 Å². The van der Waals surface area contributed by atoms with Crippen LogP contribution in [0.25, 0.3) is 16.9 Å². The van der Waals surface area contributed by atoms with Crippen molar-refractivity contribution >= 4 is 27.7 Å². The van der Waals surface area contributed by atoms with Crippen molar-refractivity contribution in [3.8, 4) is 16.9 Å². The minimum absolute atomic E-state index is 0.837. The van der Waals surface area contributed by atoms with Crippen molar-refractivity contribution in [3.05, 3.63) is 77.9 Å². The van der Waals surface area contributed by atoms with Crippen LogP contribution in [0.5, 0.6) is 0 Å². The molecule has 0 saturated carbocycles. The van der Waals surface area contributed by atoms with Crippen LogP contribution in [0.1, 0.15) is 0 Å². The number of benzene rings is 2. The molecule has 0 unspecified atom stereocenters. The Hall–Kier alpha value is -1.78. The standard InChI is InChI=1S/C18H15BrN2S/c1-2-12-22-18-20-13-17(14-8-10-15(19)11-9-14)21(18)16-6-4-3-5-7-16/h2-11,13H,1,12H2. The van der Waals surface area contributed by atoms with E-state index in [1.165, 1.54) is 0 Å². The van der Waals surface area contributed by atoms with Crippen LogP contribution in [0.3, 0.4) is 0 Å². The molecule has 0 fully saturated rings. The Bertz CT molecular complexity index is 764. The molecule has 3 aromatic rings. The number of rotatable bonds is 5. The van der Waals surface area contributed by atoms with Gasteiger partial charge in [0.25, 0.3) is 0 Å². The number of aromatic nitrogens is 2. The summed E-state index contributed by atoms with van der Waals surface area (Å²) in [6, 6.07) is 18.6. The van der Waals surface area contributed by atoms with Crippen molar-refractivity contribution in [2.75, 3.05) is 5.75 Å². The Morgan fingerprint density at radius 1 is 1.09 bits per heavy atom. The molecule has 22 heavy (non-hydrogen) atoms. The maximum absolute atomic E-state index is 4.60. The first-order valence-corrected chi connectivity index (χ1v) is 8.70. The molecule has 0 saturated heterocycles. The van der Waals surface area contributed by atoms with Gasteiger partial charge in [0.2, 0.25) is 0 Å². The average Bonchev–Trinajstić information content (AvgIpc) is 2.98. The Balaban J connectivity index is 2.12. The zero-order valence-electron chi connectivity index (χ0n) is 11.9. The largest absolute Gasteiger partial charge is 0.287 e. The SMILES string of the molecule is C=CCSc1ncc(-c2ccc(Br)cc2)n1-c1ccccc1. The minimum atomic E-state index is 0.837. The second kappa shape index (κ2) is 6.99. The van der Waals surface area contributed by atoms with Gasteiger partial charge in [0.1, 0.15) is 0 Å². The fourth-order valence-electron chi connectivity index (χ4n) is 2.22. The van der Waals surface area contributed by atoms with E-state index in [2.05, 4.69) is 56.3 Å². The topological polar surface area (TPSA) is 17.8 Å². The molecule has 0 aliphatic heterocycles. The van der Waals surface area contributed by atoms with Crippen LogP contribution < -0.4 is 0 Å². The quantitative estimate of drug-likeness (QED) is 0.430. The number of imidazole rings is 1. The summed E-state index contributed by atoms with van der Waals surface area (Å²) in [4.78, 5) is 4.60. The lowest BCUT2D eigenvalue weighted by Gasteiger charge is -2.11. The zero-order valence-corrected chi connectivity index (χ0v) is 14.3. The molecule has 1 heterocycles. The van der Waals surface area contributed by atoms with Crippen molar-refractivity contribution in [2.24, 2.45) is 0 Å². The molecular formula is C18H15BrN2S. The normalized spacial score (nSPS) is 10.6. The Morgan fingerprint density at radius 2 is 1.82 bits per heavy atom. The first kappa shape index (κ1) is 15.1. The first-order chi connectivity index (χ1) is 10.8. The highest BCUT2D eigenvalue weighted by atomic mass is 79.9. The van der Waals surface area contributed by atoms with Gasteiger partial charge in [0.05, 0.1) is 11.9 Å². The Labute approximate surface area is 143 Å². The molecule has 0 N–H and O–H groups in total. The molecule has 2 nitrogen and oxygen atoms in total. The third-order valence-electron chi connectivity index (χ3n) is 3.21. The molecule has 0 bridgehead atoms. The van der Waals surface area contributed by atoms with Crippen LogP contribution in [0.4, 0.5) is 0 Å². The number of halogens is 1. The van der Waals surface area contributed by atoms with Gasteiger partial charge in [-0.25, -0.2) is 4.98 Å². The van der Waals surface area contributed by atoms with E-state index < -0.39 is 0 Å². The molecule has 4 heteroatoms. The maximum atomic E-state index is 4.60. The van der Waals surface area contributed by atoms with Gasteiger partial charge in [-0.15, -0.1) is 6.58 Å². The molecule has 1 aromatic heterocycles. The van der Waals surface area contributed by atoms with Crippen LogP contribution in [-0.4, -0.2) is 15.3 Å². The van der Waals surface area contributed by atoms with Crippen molar-refractivity contribution in [1.82, 2.24) is 9.55 Å². The fraction of sp³-hybridized carbons (Fsp3) is 0.0556. The summed E-state index contributed by atoms with van der Waals surface area (Å²) in [6.45, 7) is 3.79. The molecule has 110 valence electrons. The summed E-state index contributed by atoms with van der Waals surface area (Å²) in [5.41, 5.74) is 3.35. The summed E-state index contributed by atoms with van der Waals surface area (Å²) < 4.78 is 3.26. The maximum Gasteiger partial charge on any atom is 0.173 e. The summed E-state index contributed by atoms with van der Waals surface area (Å²) >= 11 is 5.17. The van der Waals surface area contributed by atoms with E-state index in [-0.39, 0.29) is 0 Å². The lowest BCUT2D eigenvalue weighted by molar-refractivity contribution is 0.902. The highest BCUT2D eigenvalue weighted by molar-refractivity contribution is 9.10. The summed E-state index contributed by atoms with van der Waals surface area (Å²) in [5, 5.41) is 0.976. The molecule has 0 atom stereocenters. The van der Waals surface area contributed by atoms with E-state index in [4.69, 9.17) is 0 Å². The van der Waals surface area contributed by atoms with E-state index in [0.717, 1.165) is 32.3 Å². The summed E-state index contributed by atoms with van der Waals surface area (Å²) in [7, 11) is 0. The molecule has 0 aliphatic rings.